The molecule has 1 saturated heterocycles. The number of likely N-dealkylation sites (N-methyl/N-ethyl adjacent to an activating group) is 2. The first-order valence-corrected chi connectivity index (χ1v) is 14.5. The molecule has 1 aliphatic rings. The number of nitrogens with zero attached hydrogens (tertiary/aromatic N) is 3. The molecule has 9 heteroatoms. The van der Waals surface area contributed by atoms with Crippen molar-refractivity contribution in [3.05, 3.63) is 96.1 Å². The number of carbonyl (C=O) groups excluding carboxylic acids is 4. The predicted molar refractivity (Wildman–Crippen MR) is 167 cm³/mol. The Labute approximate surface area is 253 Å². The largest absolute Gasteiger partial charge is 0.332 e. The van der Waals surface area contributed by atoms with E-state index in [0.717, 1.165) is 21.9 Å². The van der Waals surface area contributed by atoms with Crippen molar-refractivity contribution < 1.29 is 19.2 Å². The van der Waals surface area contributed by atoms with Gasteiger partial charge in [-0.2, -0.15) is 0 Å². The van der Waals surface area contributed by atoms with Gasteiger partial charge in [-0.15, -0.1) is 0 Å². The highest BCUT2D eigenvalue weighted by Gasteiger charge is 2.38. The molecule has 4 amide bonds. The van der Waals surface area contributed by atoms with Crippen molar-refractivity contribution in [1.29, 1.82) is 0 Å². The minimum absolute atomic E-state index is 0.204. The van der Waals surface area contributed by atoms with Gasteiger partial charge in [0.25, 0.3) is 5.91 Å². The summed E-state index contributed by atoms with van der Waals surface area (Å²) in [6.45, 7) is 3.98. The van der Waals surface area contributed by atoms with Crippen molar-refractivity contribution in [2.75, 3.05) is 20.6 Å². The number of hydrogen-bond acceptors (Lipinski definition) is 5. The van der Waals surface area contributed by atoms with E-state index in [1.54, 1.807) is 20.2 Å². The van der Waals surface area contributed by atoms with Gasteiger partial charge in [-0.25, -0.2) is 0 Å². The average molecular weight is 584 g/mol. The summed E-state index contributed by atoms with van der Waals surface area (Å²) in [4.78, 5) is 56.2. The lowest BCUT2D eigenvalue weighted by molar-refractivity contribution is -0.150. The minimum Gasteiger partial charge on any atom is -0.332 e. The van der Waals surface area contributed by atoms with E-state index in [2.05, 4.69) is 5.43 Å². The van der Waals surface area contributed by atoms with Gasteiger partial charge in [-0.1, -0.05) is 78.9 Å². The Morgan fingerprint density at radius 3 is 2.21 bits per heavy atom. The molecular formula is C34H41N5O4. The molecular weight excluding hydrogens is 542 g/mol. The third kappa shape index (κ3) is 8.29. The van der Waals surface area contributed by atoms with Crippen LogP contribution < -0.4 is 11.2 Å². The molecule has 0 aromatic heterocycles. The zero-order chi connectivity index (χ0) is 31.1. The molecule has 0 unspecified atom stereocenters. The molecule has 0 bridgehead atoms. The van der Waals surface area contributed by atoms with Gasteiger partial charge < -0.3 is 15.5 Å². The van der Waals surface area contributed by atoms with Gasteiger partial charge in [0.2, 0.25) is 17.7 Å². The molecule has 43 heavy (non-hydrogen) atoms. The number of fused-ring (bicyclic) bond motifs is 1. The molecule has 3 aromatic carbocycles. The highest BCUT2D eigenvalue weighted by Crippen LogP contribution is 2.21. The fourth-order valence-corrected chi connectivity index (χ4v) is 5.15. The molecule has 0 aliphatic carbocycles. The smallest absolute Gasteiger partial charge is 0.264 e. The second-order valence-corrected chi connectivity index (χ2v) is 11.9. The van der Waals surface area contributed by atoms with E-state index in [1.807, 2.05) is 86.6 Å². The number of hydrogen-bond donors (Lipinski definition) is 2. The lowest BCUT2D eigenvalue weighted by Crippen LogP contribution is -2.57. The van der Waals surface area contributed by atoms with Crippen LogP contribution in [0.25, 0.3) is 10.8 Å². The first kappa shape index (κ1) is 31.4. The Hall–Kier alpha value is -4.50. The van der Waals surface area contributed by atoms with E-state index in [9.17, 15) is 19.2 Å². The van der Waals surface area contributed by atoms with Crippen molar-refractivity contribution in [3.63, 3.8) is 0 Å². The van der Waals surface area contributed by atoms with Gasteiger partial charge in [0.05, 0.1) is 6.54 Å². The maximum atomic E-state index is 14.3. The topological polar surface area (TPSA) is 116 Å². The van der Waals surface area contributed by atoms with E-state index < -0.39 is 17.6 Å². The molecule has 2 atom stereocenters. The monoisotopic (exact) mass is 583 g/mol. The number of amides is 4. The predicted octanol–water partition coefficient (Wildman–Crippen LogP) is 3.23. The number of nitrogens with one attached hydrogen (secondary N) is 1. The molecule has 1 heterocycles. The molecule has 1 aliphatic heterocycles. The zero-order valence-corrected chi connectivity index (χ0v) is 25.3. The zero-order valence-electron chi connectivity index (χ0n) is 25.3. The number of nitrogens with two attached hydrogens (primary N) is 1. The summed E-state index contributed by atoms with van der Waals surface area (Å²) < 4.78 is 0. The lowest BCUT2D eigenvalue weighted by atomic mass is 9.98. The minimum atomic E-state index is -0.899. The highest BCUT2D eigenvalue weighted by atomic mass is 16.2. The summed E-state index contributed by atoms with van der Waals surface area (Å²) in [7, 11) is 3.19. The second-order valence-electron chi connectivity index (χ2n) is 11.9. The number of carbonyl (C=O) groups is 4. The first-order chi connectivity index (χ1) is 20.4. The van der Waals surface area contributed by atoms with Gasteiger partial charge in [0.15, 0.2) is 0 Å². The molecule has 3 N–H and O–H groups in total. The summed E-state index contributed by atoms with van der Waals surface area (Å²) in [5.74, 6) is -1.34. The fourth-order valence-electron chi connectivity index (χ4n) is 5.15. The van der Waals surface area contributed by atoms with Crippen LogP contribution in [0.1, 0.15) is 37.8 Å². The molecule has 4 rings (SSSR count). The van der Waals surface area contributed by atoms with E-state index in [1.165, 1.54) is 20.9 Å². The Balaban J connectivity index is 1.66. The number of hydrazine groups is 1. The van der Waals surface area contributed by atoms with Gasteiger partial charge in [0.1, 0.15) is 12.1 Å². The van der Waals surface area contributed by atoms with Crippen molar-refractivity contribution in [2.24, 2.45) is 5.73 Å². The average Bonchev–Trinajstić information content (AvgIpc) is 3.43. The Kier molecular flexibility index (Phi) is 9.98. The summed E-state index contributed by atoms with van der Waals surface area (Å²) in [6.07, 6.45) is 4.36. The fraction of sp³-hybridized carbons (Fsp3) is 0.353. The lowest BCUT2D eigenvalue weighted by Gasteiger charge is -2.35. The van der Waals surface area contributed by atoms with Crippen LogP contribution in [0.2, 0.25) is 0 Å². The summed E-state index contributed by atoms with van der Waals surface area (Å²) in [6, 6.07) is 21.6. The standard InChI is InChI=1S/C34H41N5O4/c1-34(2,35)19-10-15-31(41)37(3)28(23-25-16-17-26-13-8-9-14-27(26)21-25)32(42)38(4)29(22-24-11-6-5-7-12-24)33(43)39-20-18-30(40)36-39/h5-17,21,28-29H,18-20,22-23,35H2,1-4H3,(H,36,40)/t28-,29-/m1/s1. The van der Waals surface area contributed by atoms with Gasteiger partial charge in [0, 0.05) is 38.9 Å². The second kappa shape index (κ2) is 13.6. The molecule has 0 saturated carbocycles. The molecule has 1 fully saturated rings. The molecule has 0 spiro atoms. The summed E-state index contributed by atoms with van der Waals surface area (Å²) in [5.41, 5.74) is 9.95. The van der Waals surface area contributed by atoms with Crippen molar-refractivity contribution in [2.45, 2.75) is 57.2 Å². The van der Waals surface area contributed by atoms with E-state index >= 15 is 0 Å². The SMILES string of the molecule is CN(C(=O)C=CCC(C)(C)N)[C@H](Cc1ccc2ccccc2c1)C(=O)N(C)[C@H](Cc1ccccc1)C(=O)N1CCC(=O)N1. The van der Waals surface area contributed by atoms with Crippen molar-refractivity contribution >= 4 is 34.4 Å². The third-order valence-corrected chi connectivity index (χ3v) is 7.71. The summed E-state index contributed by atoms with van der Waals surface area (Å²) >= 11 is 0. The number of rotatable bonds is 11. The number of benzene rings is 3. The van der Waals surface area contributed by atoms with Crippen molar-refractivity contribution in [1.82, 2.24) is 20.2 Å². The van der Waals surface area contributed by atoms with Crippen molar-refractivity contribution in [3.8, 4) is 0 Å². The Morgan fingerprint density at radius 1 is 0.907 bits per heavy atom. The third-order valence-electron chi connectivity index (χ3n) is 7.71. The van der Waals surface area contributed by atoms with Crippen LogP contribution in [0.4, 0.5) is 0 Å². The van der Waals surface area contributed by atoms with Crippen LogP contribution in [0.15, 0.2) is 84.9 Å². The first-order valence-electron chi connectivity index (χ1n) is 14.5. The maximum Gasteiger partial charge on any atom is 0.264 e. The van der Waals surface area contributed by atoms with Gasteiger partial charge >= 0.3 is 0 Å². The van der Waals surface area contributed by atoms with Gasteiger partial charge in [-0.3, -0.25) is 29.6 Å². The van der Waals surface area contributed by atoms with Crippen LogP contribution in [0, 0.1) is 0 Å². The molecule has 3 aromatic rings. The van der Waals surface area contributed by atoms with Crippen LogP contribution in [0.5, 0.6) is 0 Å². The van der Waals surface area contributed by atoms with Crippen LogP contribution in [-0.2, 0) is 32.0 Å². The van der Waals surface area contributed by atoms with Crippen LogP contribution in [0.3, 0.4) is 0 Å². The summed E-state index contributed by atoms with van der Waals surface area (Å²) in [5, 5.41) is 3.38. The van der Waals surface area contributed by atoms with E-state index in [4.69, 9.17) is 5.73 Å². The maximum absolute atomic E-state index is 14.3. The van der Waals surface area contributed by atoms with E-state index in [-0.39, 0.29) is 49.4 Å². The van der Waals surface area contributed by atoms with Crippen LogP contribution >= 0.6 is 0 Å². The molecule has 0 radical (unpaired) electrons. The quantitative estimate of drug-likeness (QED) is 0.337. The van der Waals surface area contributed by atoms with E-state index in [0.29, 0.717) is 6.42 Å². The molecule has 9 nitrogen and oxygen atoms in total. The Morgan fingerprint density at radius 2 is 1.56 bits per heavy atom. The van der Waals surface area contributed by atoms with Gasteiger partial charge in [-0.05, 0) is 48.2 Å². The Bertz CT molecular complexity index is 1500. The van der Waals surface area contributed by atoms with Crippen LogP contribution in [-0.4, -0.2) is 76.7 Å². The highest BCUT2D eigenvalue weighted by molar-refractivity contribution is 5.96. The molecule has 226 valence electrons. The normalized spacial score (nSPS) is 14.9.